The predicted octanol–water partition coefficient (Wildman–Crippen LogP) is 1.27. The summed E-state index contributed by atoms with van der Waals surface area (Å²) in [5.41, 5.74) is 7.61. The van der Waals surface area contributed by atoms with Crippen molar-refractivity contribution in [2.45, 2.75) is 13.0 Å². The van der Waals surface area contributed by atoms with Crippen LogP contribution >= 0.6 is 0 Å². The lowest BCUT2D eigenvalue weighted by molar-refractivity contribution is -0.138. The van der Waals surface area contributed by atoms with E-state index in [1.807, 2.05) is 30.3 Å². The molecule has 17 heavy (non-hydrogen) atoms. The molecule has 0 radical (unpaired) electrons. The van der Waals surface area contributed by atoms with Gasteiger partial charge in [0.1, 0.15) is 6.04 Å². The minimum atomic E-state index is -1.05. The van der Waals surface area contributed by atoms with Crippen LogP contribution in [-0.2, 0) is 4.79 Å². The average Bonchev–Trinajstić information content (AvgIpc) is 2.71. The summed E-state index contributed by atoms with van der Waals surface area (Å²) >= 11 is 0. The smallest absolute Gasteiger partial charge is 0.325 e. The molecule has 0 bridgehead atoms. The molecule has 0 aliphatic heterocycles. The Morgan fingerprint density at radius 3 is 2.65 bits per heavy atom. The van der Waals surface area contributed by atoms with Crippen LogP contribution in [0, 0.1) is 6.92 Å². The zero-order valence-corrected chi connectivity index (χ0v) is 9.37. The summed E-state index contributed by atoms with van der Waals surface area (Å²) in [7, 11) is 0. The van der Waals surface area contributed by atoms with Crippen molar-refractivity contribution in [1.82, 2.24) is 9.78 Å². The van der Waals surface area contributed by atoms with Crippen LogP contribution < -0.4 is 5.73 Å². The van der Waals surface area contributed by atoms with E-state index in [2.05, 4.69) is 5.10 Å². The summed E-state index contributed by atoms with van der Waals surface area (Å²) in [5.74, 6) is -1.05. The molecule has 1 aromatic heterocycles. The van der Waals surface area contributed by atoms with Gasteiger partial charge >= 0.3 is 5.97 Å². The molecule has 0 aliphatic carbocycles. The fraction of sp³-hybridized carbons (Fsp3) is 0.167. The van der Waals surface area contributed by atoms with Gasteiger partial charge in [0.15, 0.2) is 0 Å². The Balaban J connectivity index is 2.41. The van der Waals surface area contributed by atoms with E-state index in [9.17, 15) is 4.79 Å². The van der Waals surface area contributed by atoms with Gasteiger partial charge in [-0.3, -0.25) is 4.79 Å². The molecule has 1 aromatic carbocycles. The molecule has 2 rings (SSSR count). The zero-order chi connectivity index (χ0) is 12.4. The average molecular weight is 231 g/mol. The number of rotatable bonds is 3. The topological polar surface area (TPSA) is 81.1 Å². The van der Waals surface area contributed by atoms with Crippen molar-refractivity contribution < 1.29 is 9.90 Å². The SMILES string of the molecule is Cc1nn(-c2ccccc2)cc1C(N)C(=O)O. The Morgan fingerprint density at radius 1 is 1.41 bits per heavy atom. The highest BCUT2D eigenvalue weighted by Crippen LogP contribution is 2.17. The van der Waals surface area contributed by atoms with Crippen LogP contribution in [0.4, 0.5) is 0 Å². The van der Waals surface area contributed by atoms with Crippen molar-refractivity contribution in [3.8, 4) is 5.69 Å². The Morgan fingerprint density at radius 2 is 2.06 bits per heavy atom. The van der Waals surface area contributed by atoms with Gasteiger partial charge in [0.2, 0.25) is 0 Å². The number of nitrogens with two attached hydrogens (primary N) is 1. The molecule has 1 heterocycles. The molecule has 0 saturated carbocycles. The number of aryl methyl sites for hydroxylation is 1. The van der Waals surface area contributed by atoms with Crippen LogP contribution in [0.1, 0.15) is 17.3 Å². The largest absolute Gasteiger partial charge is 0.480 e. The highest BCUT2D eigenvalue weighted by molar-refractivity contribution is 5.75. The van der Waals surface area contributed by atoms with E-state index in [-0.39, 0.29) is 0 Å². The van der Waals surface area contributed by atoms with Gasteiger partial charge in [-0.1, -0.05) is 18.2 Å². The van der Waals surface area contributed by atoms with Crippen molar-refractivity contribution >= 4 is 5.97 Å². The molecule has 1 unspecified atom stereocenters. The number of hydrogen-bond donors (Lipinski definition) is 2. The number of carboxylic acid groups (broad SMARTS) is 1. The summed E-state index contributed by atoms with van der Waals surface area (Å²) in [6, 6.07) is 8.44. The van der Waals surface area contributed by atoms with Crippen LogP contribution in [0.15, 0.2) is 36.5 Å². The molecule has 88 valence electrons. The minimum Gasteiger partial charge on any atom is -0.480 e. The zero-order valence-electron chi connectivity index (χ0n) is 9.37. The molecule has 0 fully saturated rings. The summed E-state index contributed by atoms with van der Waals surface area (Å²) in [6.07, 6.45) is 1.66. The highest BCUT2D eigenvalue weighted by Gasteiger charge is 2.19. The number of benzene rings is 1. The summed E-state index contributed by atoms with van der Waals surface area (Å²) in [6.45, 7) is 1.75. The number of para-hydroxylation sites is 1. The monoisotopic (exact) mass is 231 g/mol. The third kappa shape index (κ3) is 2.19. The van der Waals surface area contributed by atoms with Gasteiger partial charge in [0.25, 0.3) is 0 Å². The van der Waals surface area contributed by atoms with Crippen molar-refractivity contribution in [2.24, 2.45) is 5.73 Å². The Kier molecular flexibility index (Phi) is 2.93. The summed E-state index contributed by atoms with van der Waals surface area (Å²) in [5, 5.41) is 13.1. The normalized spacial score (nSPS) is 12.4. The van der Waals surface area contributed by atoms with Gasteiger partial charge in [-0.25, -0.2) is 4.68 Å². The first-order valence-electron chi connectivity index (χ1n) is 5.19. The van der Waals surface area contributed by atoms with E-state index >= 15 is 0 Å². The first-order chi connectivity index (χ1) is 8.09. The molecule has 0 spiro atoms. The van der Waals surface area contributed by atoms with Gasteiger partial charge < -0.3 is 10.8 Å². The molecular weight excluding hydrogens is 218 g/mol. The van der Waals surface area contributed by atoms with Gasteiger partial charge in [-0.05, 0) is 19.1 Å². The fourth-order valence-electron chi connectivity index (χ4n) is 1.62. The quantitative estimate of drug-likeness (QED) is 0.833. The molecule has 5 nitrogen and oxygen atoms in total. The van der Waals surface area contributed by atoms with E-state index in [0.717, 1.165) is 5.69 Å². The lowest BCUT2D eigenvalue weighted by Crippen LogP contribution is -2.20. The molecule has 0 saturated heterocycles. The lowest BCUT2D eigenvalue weighted by Gasteiger charge is -2.03. The van der Waals surface area contributed by atoms with E-state index in [1.165, 1.54) is 0 Å². The third-order valence-corrected chi connectivity index (χ3v) is 2.56. The molecule has 1 atom stereocenters. The molecule has 0 aliphatic rings. The highest BCUT2D eigenvalue weighted by atomic mass is 16.4. The molecule has 0 amide bonds. The molecule has 3 N–H and O–H groups in total. The number of aromatic nitrogens is 2. The Bertz CT molecular complexity index is 534. The Labute approximate surface area is 98.5 Å². The van der Waals surface area contributed by atoms with E-state index in [1.54, 1.807) is 17.8 Å². The first kappa shape index (κ1) is 11.3. The van der Waals surface area contributed by atoms with Crippen molar-refractivity contribution in [2.75, 3.05) is 0 Å². The number of aliphatic carboxylic acids is 1. The van der Waals surface area contributed by atoms with Crippen LogP contribution in [0.3, 0.4) is 0 Å². The number of hydrogen-bond acceptors (Lipinski definition) is 3. The van der Waals surface area contributed by atoms with Crippen molar-refractivity contribution in [1.29, 1.82) is 0 Å². The number of nitrogens with zero attached hydrogens (tertiary/aromatic N) is 2. The van der Waals surface area contributed by atoms with Crippen LogP contribution in [0.5, 0.6) is 0 Å². The van der Waals surface area contributed by atoms with Gasteiger partial charge in [-0.15, -0.1) is 0 Å². The summed E-state index contributed by atoms with van der Waals surface area (Å²) < 4.78 is 1.63. The lowest BCUT2D eigenvalue weighted by atomic mass is 10.1. The molecule has 2 aromatic rings. The maximum atomic E-state index is 10.8. The Hall–Kier alpha value is -2.14. The van der Waals surface area contributed by atoms with Crippen molar-refractivity contribution in [3.05, 3.63) is 47.8 Å². The van der Waals surface area contributed by atoms with Gasteiger partial charge in [-0.2, -0.15) is 5.10 Å². The summed E-state index contributed by atoms with van der Waals surface area (Å²) in [4.78, 5) is 10.8. The number of carbonyl (C=O) groups is 1. The van der Waals surface area contributed by atoms with Crippen LogP contribution in [0.25, 0.3) is 5.69 Å². The van der Waals surface area contributed by atoms with Gasteiger partial charge in [0, 0.05) is 11.8 Å². The van der Waals surface area contributed by atoms with Crippen LogP contribution in [-0.4, -0.2) is 20.9 Å². The minimum absolute atomic E-state index is 0.529. The second-order valence-electron chi connectivity index (χ2n) is 3.77. The second-order valence-corrected chi connectivity index (χ2v) is 3.77. The molecular formula is C12H13N3O2. The van der Waals surface area contributed by atoms with Crippen molar-refractivity contribution in [3.63, 3.8) is 0 Å². The number of carboxylic acids is 1. The second kappa shape index (κ2) is 4.39. The van der Waals surface area contributed by atoms with Gasteiger partial charge in [0.05, 0.1) is 11.4 Å². The fourth-order valence-corrected chi connectivity index (χ4v) is 1.62. The first-order valence-corrected chi connectivity index (χ1v) is 5.19. The molecule has 5 heteroatoms. The van der Waals surface area contributed by atoms with E-state index < -0.39 is 12.0 Å². The van der Waals surface area contributed by atoms with E-state index in [4.69, 9.17) is 10.8 Å². The standard InChI is InChI=1S/C12H13N3O2/c1-8-10(11(13)12(16)17)7-15(14-8)9-5-3-2-4-6-9/h2-7,11H,13H2,1H3,(H,16,17). The van der Waals surface area contributed by atoms with E-state index in [0.29, 0.717) is 11.3 Å². The van der Waals surface area contributed by atoms with Crippen LogP contribution in [0.2, 0.25) is 0 Å². The maximum Gasteiger partial charge on any atom is 0.325 e. The predicted molar refractivity (Wildman–Crippen MR) is 62.9 cm³/mol. The maximum absolute atomic E-state index is 10.8. The third-order valence-electron chi connectivity index (χ3n) is 2.56.